The summed E-state index contributed by atoms with van der Waals surface area (Å²) < 4.78 is 96.3. The number of unbranched alkanes of at least 4 members (excludes halogenated alkanes) is 1. The van der Waals surface area contributed by atoms with E-state index in [0.29, 0.717) is 25.1 Å². The van der Waals surface area contributed by atoms with Crippen LogP contribution in [0.2, 0.25) is 0 Å². The summed E-state index contributed by atoms with van der Waals surface area (Å²) in [6.07, 6.45) is -8.91. The molecule has 0 aromatic heterocycles. The summed E-state index contributed by atoms with van der Waals surface area (Å²) in [4.78, 5) is 14.6. The van der Waals surface area contributed by atoms with Gasteiger partial charge in [-0.15, -0.1) is 0 Å². The Hall–Kier alpha value is -2.63. The molecular formula is C26H29F6NO4. The van der Waals surface area contributed by atoms with Crippen LogP contribution in [0.25, 0.3) is 0 Å². The molecule has 0 saturated carbocycles. The van der Waals surface area contributed by atoms with Gasteiger partial charge in [0, 0.05) is 6.54 Å². The number of morpholine rings is 1. The first-order chi connectivity index (χ1) is 17.5. The number of methoxy groups -OCH3 is 1. The van der Waals surface area contributed by atoms with Gasteiger partial charge in [-0.1, -0.05) is 50.1 Å². The molecule has 0 N–H and O–H groups in total. The van der Waals surface area contributed by atoms with Crippen molar-refractivity contribution < 1.29 is 45.3 Å². The normalized spacial score (nSPS) is 20.0. The molecule has 1 aliphatic heterocycles. The van der Waals surface area contributed by atoms with E-state index in [1.165, 1.54) is 7.11 Å². The Morgan fingerprint density at radius 2 is 1.68 bits per heavy atom. The predicted octanol–water partition coefficient (Wildman–Crippen LogP) is 6.37. The summed E-state index contributed by atoms with van der Waals surface area (Å²) in [7, 11) is 1.29. The molecule has 3 rings (SSSR count). The van der Waals surface area contributed by atoms with E-state index in [9.17, 15) is 31.1 Å². The molecule has 3 unspecified atom stereocenters. The second-order valence-corrected chi connectivity index (χ2v) is 8.74. The van der Waals surface area contributed by atoms with Gasteiger partial charge in [-0.25, -0.2) is 0 Å². The molecule has 3 atom stereocenters. The zero-order valence-electron chi connectivity index (χ0n) is 20.4. The van der Waals surface area contributed by atoms with Crippen molar-refractivity contribution >= 4 is 5.97 Å². The van der Waals surface area contributed by atoms with Gasteiger partial charge in [-0.05, 0) is 35.7 Å². The number of carbonyl (C=O) groups is 1. The zero-order valence-corrected chi connectivity index (χ0v) is 20.4. The summed E-state index contributed by atoms with van der Waals surface area (Å²) in [5, 5.41) is 0. The number of hydrogen-bond acceptors (Lipinski definition) is 5. The average Bonchev–Trinajstić information content (AvgIpc) is 2.86. The van der Waals surface area contributed by atoms with Crippen LogP contribution >= 0.6 is 0 Å². The van der Waals surface area contributed by atoms with Crippen molar-refractivity contribution in [3.05, 3.63) is 70.8 Å². The minimum absolute atomic E-state index is 0.0732. The van der Waals surface area contributed by atoms with E-state index >= 15 is 0 Å². The molecule has 37 heavy (non-hydrogen) atoms. The first-order valence-electron chi connectivity index (χ1n) is 11.9. The minimum atomic E-state index is -4.96. The number of esters is 1. The van der Waals surface area contributed by atoms with Crippen LogP contribution in [0, 0.1) is 0 Å². The molecule has 1 fully saturated rings. The molecule has 2 aromatic rings. The van der Waals surface area contributed by atoms with Crippen LogP contribution < -0.4 is 0 Å². The summed E-state index contributed by atoms with van der Waals surface area (Å²) in [5.74, 6) is -0.442. The lowest BCUT2D eigenvalue weighted by Gasteiger charge is -2.44. The third kappa shape index (κ3) is 7.45. The van der Waals surface area contributed by atoms with Crippen LogP contribution in [-0.4, -0.2) is 43.5 Å². The molecule has 2 aromatic carbocycles. The first kappa shape index (κ1) is 28.9. The first-order valence-corrected chi connectivity index (χ1v) is 11.9. The lowest BCUT2D eigenvalue weighted by Crippen LogP contribution is -2.53. The molecule has 0 radical (unpaired) electrons. The molecule has 0 spiro atoms. The number of ether oxygens (including phenoxy) is 3. The third-order valence-corrected chi connectivity index (χ3v) is 6.15. The fourth-order valence-electron chi connectivity index (χ4n) is 4.38. The summed E-state index contributed by atoms with van der Waals surface area (Å²) >= 11 is 0. The van der Waals surface area contributed by atoms with Crippen LogP contribution in [0.15, 0.2) is 48.5 Å². The highest BCUT2D eigenvalue weighted by atomic mass is 19.4. The van der Waals surface area contributed by atoms with Gasteiger partial charge in [0.1, 0.15) is 6.04 Å². The largest absolute Gasteiger partial charge is 0.468 e. The number of nitrogens with zero attached hydrogens (tertiary/aromatic N) is 1. The molecule has 11 heteroatoms. The van der Waals surface area contributed by atoms with Gasteiger partial charge in [0.05, 0.1) is 37.5 Å². The van der Waals surface area contributed by atoms with Crippen molar-refractivity contribution in [3.8, 4) is 0 Å². The number of carbonyl (C=O) groups excluding carboxylic acids is 1. The van der Waals surface area contributed by atoms with Crippen molar-refractivity contribution in [1.82, 2.24) is 4.90 Å². The molecule has 0 amide bonds. The van der Waals surface area contributed by atoms with E-state index in [-0.39, 0.29) is 18.2 Å². The molecule has 204 valence electrons. The lowest BCUT2D eigenvalue weighted by molar-refractivity contribution is -0.224. The summed E-state index contributed by atoms with van der Waals surface area (Å²) in [6, 6.07) is 9.00. The van der Waals surface area contributed by atoms with E-state index in [1.807, 2.05) is 11.8 Å². The maximum absolute atomic E-state index is 13.3. The topological polar surface area (TPSA) is 48.0 Å². The van der Waals surface area contributed by atoms with Crippen molar-refractivity contribution in [2.75, 3.05) is 20.3 Å². The second kappa shape index (κ2) is 12.3. The Kier molecular flexibility index (Phi) is 9.60. The van der Waals surface area contributed by atoms with Gasteiger partial charge in [0.2, 0.25) is 0 Å². The Balaban J connectivity index is 1.93. The second-order valence-electron chi connectivity index (χ2n) is 8.74. The van der Waals surface area contributed by atoms with Gasteiger partial charge in [0.25, 0.3) is 0 Å². The van der Waals surface area contributed by atoms with E-state index in [4.69, 9.17) is 14.2 Å². The SMILES string of the molecule is CCCCC(C(=O)OC)N1CCOC(OCc2cc(C(F)(F)F)cc(C(F)(F)F)c2)C1c1ccccc1. The van der Waals surface area contributed by atoms with E-state index in [1.54, 1.807) is 30.3 Å². The Bertz CT molecular complexity index is 996. The van der Waals surface area contributed by atoms with E-state index in [0.717, 1.165) is 18.4 Å². The standard InChI is InChI=1S/C26H29F6NO4/c1-3-4-10-21(23(34)35-2)33-11-12-36-24(22(33)18-8-6-5-7-9-18)37-16-17-13-19(25(27,28)29)15-20(14-17)26(30,31)32/h5-9,13-15,21-22,24H,3-4,10-12,16H2,1-2H3. The van der Waals surface area contributed by atoms with E-state index < -0.39 is 54.4 Å². The fraction of sp³-hybridized carbons (Fsp3) is 0.500. The third-order valence-electron chi connectivity index (χ3n) is 6.15. The quantitative estimate of drug-likeness (QED) is 0.277. The molecule has 0 aliphatic carbocycles. The lowest BCUT2D eigenvalue weighted by atomic mass is 9.98. The van der Waals surface area contributed by atoms with Crippen molar-refractivity contribution in [3.63, 3.8) is 0 Å². The molecule has 1 heterocycles. The average molecular weight is 534 g/mol. The fourth-order valence-corrected chi connectivity index (χ4v) is 4.38. The smallest absolute Gasteiger partial charge is 0.416 e. The monoisotopic (exact) mass is 533 g/mol. The molecular weight excluding hydrogens is 504 g/mol. The number of benzene rings is 2. The van der Waals surface area contributed by atoms with Crippen LogP contribution in [0.1, 0.15) is 54.5 Å². The van der Waals surface area contributed by atoms with Gasteiger partial charge in [-0.3, -0.25) is 9.69 Å². The Labute approximate surface area is 211 Å². The maximum atomic E-state index is 13.3. The number of rotatable bonds is 9. The highest BCUT2D eigenvalue weighted by molar-refractivity contribution is 5.75. The Morgan fingerprint density at radius 1 is 1.05 bits per heavy atom. The van der Waals surface area contributed by atoms with Crippen LogP contribution in [0.4, 0.5) is 26.3 Å². The number of hydrogen-bond donors (Lipinski definition) is 0. The maximum Gasteiger partial charge on any atom is 0.416 e. The number of alkyl halides is 6. The summed E-state index contributed by atoms with van der Waals surface area (Å²) in [6.45, 7) is 1.92. The summed E-state index contributed by atoms with van der Waals surface area (Å²) in [5.41, 5.74) is -2.42. The molecule has 1 aliphatic rings. The Morgan fingerprint density at radius 3 is 2.22 bits per heavy atom. The van der Waals surface area contributed by atoms with Crippen molar-refractivity contribution in [2.24, 2.45) is 0 Å². The zero-order chi connectivity index (χ0) is 27.2. The van der Waals surface area contributed by atoms with Crippen molar-refractivity contribution in [1.29, 1.82) is 0 Å². The highest BCUT2D eigenvalue weighted by Crippen LogP contribution is 2.38. The molecule has 5 nitrogen and oxygen atoms in total. The van der Waals surface area contributed by atoms with Crippen molar-refractivity contribution in [2.45, 2.75) is 63.5 Å². The van der Waals surface area contributed by atoms with Gasteiger partial charge < -0.3 is 14.2 Å². The van der Waals surface area contributed by atoms with Crippen LogP contribution in [0.3, 0.4) is 0 Å². The minimum Gasteiger partial charge on any atom is -0.468 e. The van der Waals surface area contributed by atoms with Gasteiger partial charge in [0.15, 0.2) is 6.29 Å². The number of halogens is 6. The highest BCUT2D eigenvalue weighted by Gasteiger charge is 2.41. The van der Waals surface area contributed by atoms with Gasteiger partial charge >= 0.3 is 18.3 Å². The van der Waals surface area contributed by atoms with E-state index in [2.05, 4.69) is 0 Å². The van der Waals surface area contributed by atoms with Crippen LogP contribution in [0.5, 0.6) is 0 Å². The molecule has 1 saturated heterocycles. The predicted molar refractivity (Wildman–Crippen MR) is 122 cm³/mol. The van der Waals surface area contributed by atoms with Gasteiger partial charge in [-0.2, -0.15) is 26.3 Å². The van der Waals surface area contributed by atoms with Crippen LogP contribution in [-0.2, 0) is 38.0 Å². The molecule has 0 bridgehead atoms.